The lowest BCUT2D eigenvalue weighted by Gasteiger charge is -2.18. The summed E-state index contributed by atoms with van der Waals surface area (Å²) in [4.78, 5) is 35.1. The molecule has 2 aromatic carbocycles. The Bertz CT molecular complexity index is 1860. The molecule has 5 rings (SSSR count). The number of pyridine rings is 2. The SMILES string of the molecule is Cc1nc2cnc3ccc(C#CCNC(=O)c4cccn([C@@H](CO)c5cccc(F)c5)c4=O)cc3c2n1C(C)C. The summed E-state index contributed by atoms with van der Waals surface area (Å²) in [6.45, 7) is 5.78. The van der Waals surface area contributed by atoms with Crippen LogP contribution in [0.2, 0.25) is 0 Å². The smallest absolute Gasteiger partial charge is 0.264 e. The molecular formula is C31H28FN5O3. The molecule has 0 saturated carbocycles. The highest BCUT2D eigenvalue weighted by molar-refractivity contribution is 6.03. The van der Waals surface area contributed by atoms with Gasteiger partial charge >= 0.3 is 0 Å². The van der Waals surface area contributed by atoms with Crippen LogP contribution in [0, 0.1) is 24.6 Å². The number of hydrogen-bond acceptors (Lipinski definition) is 5. The number of aromatic nitrogens is 4. The molecule has 1 atom stereocenters. The van der Waals surface area contributed by atoms with Gasteiger partial charge in [0.15, 0.2) is 0 Å². The zero-order valence-corrected chi connectivity index (χ0v) is 22.4. The van der Waals surface area contributed by atoms with Crippen molar-refractivity contribution in [3.63, 3.8) is 0 Å². The van der Waals surface area contributed by atoms with Crippen LogP contribution in [-0.2, 0) is 0 Å². The minimum Gasteiger partial charge on any atom is -0.394 e. The number of carbonyl (C=O) groups is 1. The molecule has 8 nitrogen and oxygen atoms in total. The van der Waals surface area contributed by atoms with Gasteiger partial charge in [0.2, 0.25) is 0 Å². The molecule has 2 N–H and O–H groups in total. The van der Waals surface area contributed by atoms with E-state index in [2.05, 4.69) is 45.5 Å². The van der Waals surface area contributed by atoms with Crippen LogP contribution in [0.3, 0.4) is 0 Å². The summed E-state index contributed by atoms with van der Waals surface area (Å²) in [5, 5.41) is 13.5. The summed E-state index contributed by atoms with van der Waals surface area (Å²) in [7, 11) is 0. The number of aryl methyl sites for hydroxylation is 1. The summed E-state index contributed by atoms with van der Waals surface area (Å²) < 4.78 is 17.1. The molecular weight excluding hydrogens is 509 g/mol. The minimum absolute atomic E-state index is 0.0179. The van der Waals surface area contributed by atoms with Crippen molar-refractivity contribution in [2.45, 2.75) is 32.9 Å². The van der Waals surface area contributed by atoms with Crippen molar-refractivity contribution < 1.29 is 14.3 Å². The third kappa shape index (κ3) is 5.09. The maximum atomic E-state index is 13.7. The van der Waals surface area contributed by atoms with Gasteiger partial charge in [-0.3, -0.25) is 14.6 Å². The van der Waals surface area contributed by atoms with Crippen LogP contribution in [0.4, 0.5) is 4.39 Å². The molecule has 0 unspecified atom stereocenters. The second-order valence-electron chi connectivity index (χ2n) is 9.72. The van der Waals surface area contributed by atoms with Gasteiger partial charge in [0.25, 0.3) is 11.5 Å². The van der Waals surface area contributed by atoms with E-state index in [0.717, 1.165) is 33.3 Å². The van der Waals surface area contributed by atoms with Crippen molar-refractivity contribution in [2.75, 3.05) is 13.2 Å². The number of halogens is 1. The highest BCUT2D eigenvalue weighted by atomic mass is 19.1. The Morgan fingerprint density at radius 1 is 1.12 bits per heavy atom. The van der Waals surface area contributed by atoms with Crippen LogP contribution in [0.15, 0.2) is 71.8 Å². The molecule has 0 radical (unpaired) electrons. The Kier molecular flexibility index (Phi) is 7.45. The molecule has 1 amide bonds. The van der Waals surface area contributed by atoms with Crippen molar-refractivity contribution in [1.82, 2.24) is 24.4 Å². The highest BCUT2D eigenvalue weighted by Crippen LogP contribution is 2.28. The van der Waals surface area contributed by atoms with Crippen LogP contribution in [0.1, 0.15) is 53.2 Å². The number of imidazole rings is 1. The van der Waals surface area contributed by atoms with E-state index in [0.29, 0.717) is 5.56 Å². The Labute approximate surface area is 230 Å². The largest absolute Gasteiger partial charge is 0.394 e. The number of nitrogens with one attached hydrogen (secondary N) is 1. The monoisotopic (exact) mass is 537 g/mol. The number of fused-ring (bicyclic) bond motifs is 3. The summed E-state index contributed by atoms with van der Waals surface area (Å²) in [5.41, 5.74) is 3.15. The summed E-state index contributed by atoms with van der Waals surface area (Å²) in [6, 6.07) is 13.7. The third-order valence-corrected chi connectivity index (χ3v) is 6.74. The number of amides is 1. The van der Waals surface area contributed by atoms with Gasteiger partial charge < -0.3 is 19.6 Å². The second kappa shape index (κ2) is 11.1. The molecule has 3 heterocycles. The normalized spacial score (nSPS) is 11.9. The van der Waals surface area contributed by atoms with Gasteiger partial charge in [0.1, 0.15) is 22.7 Å². The quantitative estimate of drug-likeness (QED) is 0.317. The fraction of sp³-hybridized carbons (Fsp3) is 0.226. The van der Waals surface area contributed by atoms with E-state index in [-0.39, 0.29) is 18.2 Å². The van der Waals surface area contributed by atoms with E-state index in [9.17, 15) is 19.1 Å². The molecule has 3 aromatic heterocycles. The van der Waals surface area contributed by atoms with Crippen molar-refractivity contribution in [3.8, 4) is 11.8 Å². The minimum atomic E-state index is -0.833. The number of nitrogens with zero attached hydrogens (tertiary/aromatic N) is 4. The predicted molar refractivity (Wildman–Crippen MR) is 152 cm³/mol. The third-order valence-electron chi connectivity index (χ3n) is 6.74. The van der Waals surface area contributed by atoms with Gasteiger partial charge in [-0.05, 0) is 68.8 Å². The standard InChI is InChI=1S/C31H28FN5O3/c1-19(2)37-20(3)35-27-17-34-26-12-11-21(15-25(26)29(27)37)7-5-13-33-30(39)24-10-6-14-36(31(24)40)28(18-38)22-8-4-9-23(32)16-22/h4,6,8-12,14-17,19,28,38H,13,18H2,1-3H3,(H,33,39)/t28-/m0/s1. The van der Waals surface area contributed by atoms with Gasteiger partial charge in [-0.1, -0.05) is 24.0 Å². The molecule has 0 spiro atoms. The van der Waals surface area contributed by atoms with Crippen LogP contribution < -0.4 is 10.9 Å². The molecule has 0 saturated heterocycles. The van der Waals surface area contributed by atoms with Crippen molar-refractivity contribution in [2.24, 2.45) is 0 Å². The van der Waals surface area contributed by atoms with Gasteiger partial charge in [-0.15, -0.1) is 0 Å². The topological polar surface area (TPSA) is 102 Å². The Morgan fingerprint density at radius 3 is 2.70 bits per heavy atom. The fourth-order valence-corrected chi connectivity index (χ4v) is 4.96. The van der Waals surface area contributed by atoms with Crippen molar-refractivity contribution in [1.29, 1.82) is 0 Å². The molecule has 5 aromatic rings. The molecule has 202 valence electrons. The van der Waals surface area contributed by atoms with E-state index in [1.165, 1.54) is 41.1 Å². The second-order valence-corrected chi connectivity index (χ2v) is 9.72. The van der Waals surface area contributed by atoms with Crippen molar-refractivity contribution in [3.05, 3.63) is 106 Å². The average Bonchev–Trinajstić information content (AvgIpc) is 3.29. The molecule has 0 fully saturated rings. The molecule has 40 heavy (non-hydrogen) atoms. The molecule has 0 aliphatic rings. The number of benzene rings is 2. The van der Waals surface area contributed by atoms with Crippen LogP contribution >= 0.6 is 0 Å². The lowest BCUT2D eigenvalue weighted by atomic mass is 10.1. The van der Waals surface area contributed by atoms with Crippen LogP contribution in [0.5, 0.6) is 0 Å². The first kappa shape index (κ1) is 26.8. The van der Waals surface area contributed by atoms with Crippen molar-refractivity contribution >= 4 is 27.8 Å². The highest BCUT2D eigenvalue weighted by Gasteiger charge is 2.19. The molecule has 0 aliphatic heterocycles. The lowest BCUT2D eigenvalue weighted by molar-refractivity contribution is 0.0956. The Morgan fingerprint density at radius 2 is 1.95 bits per heavy atom. The van der Waals surface area contributed by atoms with E-state index in [1.54, 1.807) is 12.3 Å². The number of rotatable bonds is 6. The first-order valence-electron chi connectivity index (χ1n) is 12.9. The number of aliphatic hydroxyl groups is 1. The maximum Gasteiger partial charge on any atom is 0.264 e. The molecule has 9 heteroatoms. The number of hydrogen-bond donors (Lipinski definition) is 2. The summed E-state index contributed by atoms with van der Waals surface area (Å²) >= 11 is 0. The van der Waals surface area contributed by atoms with Crippen LogP contribution in [-0.4, -0.2) is 43.3 Å². The first-order valence-corrected chi connectivity index (χ1v) is 12.9. The predicted octanol–water partition coefficient (Wildman–Crippen LogP) is 4.14. The Balaban J connectivity index is 1.36. The summed E-state index contributed by atoms with van der Waals surface area (Å²) in [6.07, 6.45) is 3.24. The van der Waals surface area contributed by atoms with Gasteiger partial charge in [-0.25, -0.2) is 9.37 Å². The fourth-order valence-electron chi connectivity index (χ4n) is 4.96. The number of carbonyl (C=O) groups excluding carboxylic acids is 1. The first-order chi connectivity index (χ1) is 19.3. The van der Waals surface area contributed by atoms with Gasteiger partial charge in [0, 0.05) is 23.2 Å². The van der Waals surface area contributed by atoms with E-state index >= 15 is 0 Å². The average molecular weight is 538 g/mol. The van der Waals surface area contributed by atoms with E-state index < -0.39 is 29.9 Å². The molecule has 0 bridgehead atoms. The zero-order valence-electron chi connectivity index (χ0n) is 22.4. The van der Waals surface area contributed by atoms with E-state index in [1.807, 2.05) is 25.1 Å². The summed E-state index contributed by atoms with van der Waals surface area (Å²) in [5.74, 6) is 5.85. The van der Waals surface area contributed by atoms with Gasteiger partial charge in [-0.2, -0.15) is 0 Å². The van der Waals surface area contributed by atoms with Crippen LogP contribution in [0.25, 0.3) is 21.9 Å². The zero-order chi connectivity index (χ0) is 28.4. The maximum absolute atomic E-state index is 13.7. The molecule has 0 aliphatic carbocycles. The van der Waals surface area contributed by atoms with E-state index in [4.69, 9.17) is 0 Å². The lowest BCUT2D eigenvalue weighted by Crippen LogP contribution is -2.35. The number of aliphatic hydroxyl groups excluding tert-OH is 1. The Hall–Kier alpha value is -4.81. The van der Waals surface area contributed by atoms with Gasteiger partial charge in [0.05, 0.1) is 36.4 Å².